The second-order valence-electron chi connectivity index (χ2n) is 4.68. The molecule has 0 aliphatic heterocycles. The van der Waals surface area contributed by atoms with Crippen LogP contribution in [0.3, 0.4) is 0 Å². The highest BCUT2D eigenvalue weighted by Gasteiger charge is 2.60. The van der Waals surface area contributed by atoms with Gasteiger partial charge in [0, 0.05) is 5.92 Å². The van der Waals surface area contributed by atoms with Gasteiger partial charge in [0.1, 0.15) is 5.41 Å². The van der Waals surface area contributed by atoms with E-state index in [4.69, 9.17) is 0 Å². The summed E-state index contributed by atoms with van der Waals surface area (Å²) in [6.07, 6.45) is 8.96. The summed E-state index contributed by atoms with van der Waals surface area (Å²) in [5.74, 6) is -1.04. The summed E-state index contributed by atoms with van der Waals surface area (Å²) >= 11 is 0. The van der Waals surface area contributed by atoms with Gasteiger partial charge in [0.15, 0.2) is 5.78 Å². The van der Waals surface area contributed by atoms with Crippen LogP contribution in [0.4, 0.5) is 0 Å². The Labute approximate surface area is 87.5 Å². The van der Waals surface area contributed by atoms with E-state index in [1.54, 1.807) is 6.08 Å². The molecular formula is C12H12O3. The summed E-state index contributed by atoms with van der Waals surface area (Å²) in [4.78, 5) is 23.2. The van der Waals surface area contributed by atoms with Crippen LogP contribution in [0.25, 0.3) is 0 Å². The fraction of sp³-hybridized carbons (Fsp3) is 0.500. The van der Waals surface area contributed by atoms with Crippen molar-refractivity contribution in [3.63, 3.8) is 0 Å². The highest BCUT2D eigenvalue weighted by molar-refractivity contribution is 6.02. The lowest BCUT2D eigenvalue weighted by molar-refractivity contribution is -0.157. The van der Waals surface area contributed by atoms with Gasteiger partial charge in [-0.3, -0.25) is 9.59 Å². The van der Waals surface area contributed by atoms with Gasteiger partial charge in [-0.15, -0.1) is 0 Å². The van der Waals surface area contributed by atoms with Crippen molar-refractivity contribution < 1.29 is 14.7 Å². The molecular weight excluding hydrogens is 192 g/mol. The minimum absolute atomic E-state index is 0.00329. The van der Waals surface area contributed by atoms with E-state index in [0.717, 1.165) is 12.8 Å². The summed E-state index contributed by atoms with van der Waals surface area (Å²) < 4.78 is 0. The summed E-state index contributed by atoms with van der Waals surface area (Å²) in [6.45, 7) is 0. The molecule has 0 spiro atoms. The van der Waals surface area contributed by atoms with Crippen LogP contribution in [0.5, 0.6) is 0 Å². The molecule has 4 aliphatic carbocycles. The number of rotatable bonds is 1. The predicted octanol–water partition coefficient (Wildman–Crippen LogP) is 1.41. The Hall–Kier alpha value is -1.38. The second-order valence-corrected chi connectivity index (χ2v) is 4.68. The molecule has 1 N–H and O–H groups in total. The van der Waals surface area contributed by atoms with E-state index in [-0.39, 0.29) is 23.5 Å². The van der Waals surface area contributed by atoms with Crippen molar-refractivity contribution in [1.29, 1.82) is 0 Å². The van der Waals surface area contributed by atoms with Gasteiger partial charge in [-0.25, -0.2) is 0 Å². The number of fused-ring (bicyclic) bond motifs is 1. The first kappa shape index (κ1) is 8.89. The number of hydrogen-bond acceptors (Lipinski definition) is 2. The topological polar surface area (TPSA) is 54.4 Å². The Balaban J connectivity index is 2.18. The first-order valence-corrected chi connectivity index (χ1v) is 5.31. The maximum Gasteiger partial charge on any atom is 0.314 e. The van der Waals surface area contributed by atoms with E-state index in [1.807, 2.05) is 12.2 Å². The minimum Gasteiger partial charge on any atom is -0.481 e. The Kier molecular flexibility index (Phi) is 1.54. The van der Waals surface area contributed by atoms with E-state index in [1.165, 1.54) is 6.08 Å². The highest BCUT2D eigenvalue weighted by atomic mass is 16.4. The van der Waals surface area contributed by atoms with E-state index < -0.39 is 11.4 Å². The van der Waals surface area contributed by atoms with Gasteiger partial charge in [-0.1, -0.05) is 18.2 Å². The van der Waals surface area contributed by atoms with Gasteiger partial charge in [0.25, 0.3) is 0 Å². The number of carboxylic acids is 1. The van der Waals surface area contributed by atoms with Crippen LogP contribution in [0.2, 0.25) is 0 Å². The zero-order chi connectivity index (χ0) is 10.6. The lowest BCUT2D eigenvalue weighted by Gasteiger charge is -2.47. The van der Waals surface area contributed by atoms with Crippen LogP contribution in [-0.2, 0) is 9.59 Å². The largest absolute Gasteiger partial charge is 0.481 e. The molecule has 0 radical (unpaired) electrons. The number of ketones is 1. The van der Waals surface area contributed by atoms with Crippen molar-refractivity contribution in [3.05, 3.63) is 24.3 Å². The van der Waals surface area contributed by atoms with Gasteiger partial charge in [-0.05, 0) is 30.8 Å². The van der Waals surface area contributed by atoms with Gasteiger partial charge >= 0.3 is 5.97 Å². The van der Waals surface area contributed by atoms with E-state index >= 15 is 0 Å². The van der Waals surface area contributed by atoms with Crippen LogP contribution in [0.15, 0.2) is 24.3 Å². The molecule has 0 aromatic carbocycles. The third kappa shape index (κ3) is 0.863. The predicted molar refractivity (Wildman–Crippen MR) is 53.1 cm³/mol. The number of carbonyl (C=O) groups excluding carboxylic acids is 1. The molecule has 15 heavy (non-hydrogen) atoms. The number of hydrogen-bond donors (Lipinski definition) is 1. The Morgan fingerprint density at radius 3 is 2.73 bits per heavy atom. The first-order valence-electron chi connectivity index (χ1n) is 5.31. The summed E-state index contributed by atoms with van der Waals surface area (Å²) in [5, 5.41) is 9.40. The maximum absolute atomic E-state index is 11.7. The second kappa shape index (κ2) is 2.60. The lowest BCUT2D eigenvalue weighted by atomic mass is 9.54. The molecule has 3 nitrogen and oxygen atoms in total. The maximum atomic E-state index is 11.7. The molecule has 4 atom stereocenters. The Bertz CT molecular complexity index is 407. The van der Waals surface area contributed by atoms with Crippen LogP contribution in [0.1, 0.15) is 12.8 Å². The molecule has 3 heteroatoms. The van der Waals surface area contributed by atoms with Gasteiger partial charge in [0.2, 0.25) is 0 Å². The van der Waals surface area contributed by atoms with Crippen LogP contribution < -0.4 is 0 Å². The fourth-order valence-electron chi connectivity index (χ4n) is 3.46. The third-order valence-corrected chi connectivity index (χ3v) is 4.16. The molecule has 0 aromatic heterocycles. The smallest absolute Gasteiger partial charge is 0.314 e. The van der Waals surface area contributed by atoms with Crippen molar-refractivity contribution in [1.82, 2.24) is 0 Å². The van der Waals surface area contributed by atoms with Crippen LogP contribution in [-0.4, -0.2) is 16.9 Å². The monoisotopic (exact) mass is 204 g/mol. The number of carboxylic acid groups (broad SMARTS) is 1. The molecule has 0 aromatic rings. The van der Waals surface area contributed by atoms with Crippen molar-refractivity contribution >= 4 is 11.8 Å². The van der Waals surface area contributed by atoms with Gasteiger partial charge in [0.05, 0.1) is 0 Å². The lowest BCUT2D eigenvalue weighted by Crippen LogP contribution is -2.51. The van der Waals surface area contributed by atoms with Crippen molar-refractivity contribution in [2.75, 3.05) is 0 Å². The number of aliphatic carboxylic acids is 1. The van der Waals surface area contributed by atoms with E-state index in [9.17, 15) is 14.7 Å². The molecule has 4 rings (SSSR count). The third-order valence-electron chi connectivity index (χ3n) is 4.16. The molecule has 78 valence electrons. The Morgan fingerprint density at radius 2 is 2.20 bits per heavy atom. The van der Waals surface area contributed by atoms with Gasteiger partial charge < -0.3 is 5.11 Å². The zero-order valence-electron chi connectivity index (χ0n) is 8.22. The van der Waals surface area contributed by atoms with Crippen LogP contribution >= 0.6 is 0 Å². The fourth-order valence-corrected chi connectivity index (χ4v) is 3.46. The number of carbonyl (C=O) groups is 2. The summed E-state index contributed by atoms with van der Waals surface area (Å²) in [7, 11) is 0. The SMILES string of the molecule is O=C1C=C[C@]2(C(=O)O)[C@@H]3C=C[C@@H](CC3)[C@H]12. The molecule has 4 aliphatic rings. The highest BCUT2D eigenvalue weighted by Crippen LogP contribution is 2.56. The number of allylic oxidation sites excluding steroid dienone is 3. The molecule has 0 unspecified atom stereocenters. The summed E-state index contributed by atoms with van der Waals surface area (Å²) in [5.41, 5.74) is -0.922. The minimum atomic E-state index is -0.922. The van der Waals surface area contributed by atoms with Crippen molar-refractivity contribution in [2.45, 2.75) is 12.8 Å². The Morgan fingerprint density at radius 1 is 1.40 bits per heavy atom. The normalized spacial score (nSPS) is 45.9. The zero-order valence-corrected chi connectivity index (χ0v) is 8.22. The standard InChI is InChI=1S/C12H12O3/c13-9-5-6-12(11(14)15)8-3-1-7(2-4-8)10(9)12/h1,3,5-8,10H,2,4H2,(H,14,15)/t7-,8+,10+,12-/m0/s1. The molecule has 1 fully saturated rings. The van der Waals surface area contributed by atoms with Crippen molar-refractivity contribution in [3.8, 4) is 0 Å². The van der Waals surface area contributed by atoms with E-state index in [0.29, 0.717) is 0 Å². The quantitative estimate of drug-likeness (QED) is 0.657. The van der Waals surface area contributed by atoms with Gasteiger partial charge in [-0.2, -0.15) is 0 Å². The molecule has 0 saturated heterocycles. The average Bonchev–Trinajstić information content (AvgIpc) is 2.62. The van der Waals surface area contributed by atoms with Crippen molar-refractivity contribution in [2.24, 2.45) is 23.2 Å². The van der Waals surface area contributed by atoms with E-state index in [2.05, 4.69) is 0 Å². The molecule has 2 bridgehead atoms. The summed E-state index contributed by atoms with van der Waals surface area (Å²) in [6, 6.07) is 0. The van der Waals surface area contributed by atoms with Crippen LogP contribution in [0, 0.1) is 23.2 Å². The first-order chi connectivity index (χ1) is 7.16. The molecule has 0 amide bonds. The average molecular weight is 204 g/mol. The molecule has 0 heterocycles. The molecule has 1 saturated carbocycles.